The van der Waals surface area contributed by atoms with Gasteiger partial charge in [-0.15, -0.1) is 11.3 Å². The minimum absolute atomic E-state index is 0.103. The number of aliphatic hydroxyl groups is 1. The molecular weight excluding hydrogens is 498 g/mol. The molecule has 1 atom stereocenters. The SMILES string of the molecule is CC(O)C(=O)c1ccccc1N1CCC(CNC(=O)C2(NC(=O)c3ccc(Cl)s3)CCCCC2)CC1. The fourth-order valence-electron chi connectivity index (χ4n) is 5.25. The number of hydrogen-bond donors (Lipinski definition) is 3. The highest BCUT2D eigenvalue weighted by Gasteiger charge is 2.41. The van der Waals surface area contributed by atoms with Crippen molar-refractivity contribution in [3.8, 4) is 0 Å². The van der Waals surface area contributed by atoms with E-state index < -0.39 is 11.6 Å². The van der Waals surface area contributed by atoms with Crippen LogP contribution >= 0.6 is 22.9 Å². The van der Waals surface area contributed by atoms with Crippen molar-refractivity contribution in [1.29, 1.82) is 0 Å². The summed E-state index contributed by atoms with van der Waals surface area (Å²) in [4.78, 5) is 41.4. The van der Waals surface area contributed by atoms with Gasteiger partial charge in [0.1, 0.15) is 11.6 Å². The van der Waals surface area contributed by atoms with Crippen molar-refractivity contribution in [1.82, 2.24) is 10.6 Å². The molecule has 4 rings (SSSR count). The van der Waals surface area contributed by atoms with Crippen molar-refractivity contribution in [3.05, 3.63) is 51.2 Å². The molecule has 1 aliphatic heterocycles. The Morgan fingerprint density at radius 3 is 2.44 bits per heavy atom. The minimum Gasteiger partial charge on any atom is -0.385 e. The Labute approximate surface area is 221 Å². The number of piperidine rings is 1. The summed E-state index contributed by atoms with van der Waals surface area (Å²) in [5.74, 6) is -0.307. The number of hydrogen-bond acceptors (Lipinski definition) is 6. The highest BCUT2D eigenvalue weighted by molar-refractivity contribution is 7.18. The van der Waals surface area contributed by atoms with Gasteiger partial charge in [0, 0.05) is 30.9 Å². The van der Waals surface area contributed by atoms with Gasteiger partial charge in [-0.1, -0.05) is 43.0 Å². The molecule has 0 radical (unpaired) electrons. The molecule has 1 unspecified atom stereocenters. The molecule has 1 saturated carbocycles. The average Bonchev–Trinajstić information content (AvgIpc) is 3.34. The molecule has 36 heavy (non-hydrogen) atoms. The Bertz CT molecular complexity index is 1090. The minimum atomic E-state index is -1.04. The van der Waals surface area contributed by atoms with Gasteiger partial charge in [-0.2, -0.15) is 0 Å². The number of thiophene rings is 1. The van der Waals surface area contributed by atoms with Gasteiger partial charge in [0.25, 0.3) is 5.91 Å². The number of halogens is 1. The molecule has 7 nitrogen and oxygen atoms in total. The van der Waals surface area contributed by atoms with Crippen LogP contribution in [0.5, 0.6) is 0 Å². The number of amides is 2. The van der Waals surface area contributed by atoms with Gasteiger partial charge in [0.2, 0.25) is 5.91 Å². The second-order valence-corrected chi connectivity index (χ2v) is 11.6. The van der Waals surface area contributed by atoms with Crippen molar-refractivity contribution in [3.63, 3.8) is 0 Å². The van der Waals surface area contributed by atoms with Crippen LogP contribution in [-0.4, -0.2) is 54.0 Å². The molecule has 2 heterocycles. The molecule has 2 aromatic rings. The third-order valence-electron chi connectivity index (χ3n) is 7.35. The van der Waals surface area contributed by atoms with E-state index in [1.165, 1.54) is 18.3 Å². The lowest BCUT2D eigenvalue weighted by molar-refractivity contribution is -0.128. The summed E-state index contributed by atoms with van der Waals surface area (Å²) in [6, 6.07) is 10.8. The maximum absolute atomic E-state index is 13.4. The molecular formula is C27H34ClN3O4S. The van der Waals surface area contributed by atoms with E-state index in [9.17, 15) is 19.5 Å². The van der Waals surface area contributed by atoms with Gasteiger partial charge in [0.05, 0.1) is 9.21 Å². The topological polar surface area (TPSA) is 98.7 Å². The number of Topliss-reactive ketones (excluding diaryl/α,β-unsaturated/α-hetero) is 1. The van der Waals surface area contributed by atoms with Gasteiger partial charge in [0.15, 0.2) is 5.78 Å². The molecule has 1 aromatic heterocycles. The van der Waals surface area contributed by atoms with Crippen LogP contribution in [0.2, 0.25) is 4.34 Å². The number of benzene rings is 1. The fourth-order valence-corrected chi connectivity index (χ4v) is 6.18. The van der Waals surface area contributed by atoms with Crippen molar-refractivity contribution in [2.45, 2.75) is 63.5 Å². The van der Waals surface area contributed by atoms with Crippen molar-refractivity contribution >= 4 is 46.2 Å². The second kappa shape index (κ2) is 11.8. The Morgan fingerprint density at radius 2 is 1.81 bits per heavy atom. The fraction of sp³-hybridized carbons (Fsp3) is 0.519. The van der Waals surface area contributed by atoms with E-state index in [2.05, 4.69) is 15.5 Å². The Kier molecular flexibility index (Phi) is 8.70. The third kappa shape index (κ3) is 6.10. The average molecular weight is 532 g/mol. The van der Waals surface area contributed by atoms with Crippen LogP contribution in [0.3, 0.4) is 0 Å². The predicted octanol–water partition coefficient (Wildman–Crippen LogP) is 4.43. The van der Waals surface area contributed by atoms with Gasteiger partial charge in [-0.25, -0.2) is 0 Å². The van der Waals surface area contributed by atoms with Crippen molar-refractivity contribution in [2.24, 2.45) is 5.92 Å². The highest BCUT2D eigenvalue weighted by atomic mass is 35.5. The lowest BCUT2D eigenvalue weighted by atomic mass is 9.80. The van der Waals surface area contributed by atoms with Crippen LogP contribution in [0, 0.1) is 5.92 Å². The molecule has 1 aromatic carbocycles. The first-order valence-electron chi connectivity index (χ1n) is 12.7. The lowest BCUT2D eigenvalue weighted by Gasteiger charge is -2.38. The summed E-state index contributed by atoms with van der Waals surface area (Å²) in [5.41, 5.74) is 0.511. The van der Waals surface area contributed by atoms with Crippen LogP contribution in [0.25, 0.3) is 0 Å². The molecule has 1 aliphatic carbocycles. The first-order valence-corrected chi connectivity index (χ1v) is 13.9. The summed E-state index contributed by atoms with van der Waals surface area (Å²) < 4.78 is 0.548. The number of anilines is 1. The number of para-hydroxylation sites is 1. The number of carbonyl (C=O) groups is 3. The number of ketones is 1. The predicted molar refractivity (Wildman–Crippen MR) is 143 cm³/mol. The zero-order valence-corrected chi connectivity index (χ0v) is 22.2. The van der Waals surface area contributed by atoms with Gasteiger partial charge in [-0.3, -0.25) is 14.4 Å². The van der Waals surface area contributed by atoms with Crippen LogP contribution in [0.1, 0.15) is 71.9 Å². The zero-order valence-electron chi connectivity index (χ0n) is 20.6. The molecule has 194 valence electrons. The van der Waals surface area contributed by atoms with Crippen LogP contribution < -0.4 is 15.5 Å². The number of nitrogens with zero attached hydrogens (tertiary/aromatic N) is 1. The van der Waals surface area contributed by atoms with Crippen LogP contribution in [0.15, 0.2) is 36.4 Å². The Hall–Kier alpha value is -2.42. The maximum atomic E-state index is 13.4. The van der Waals surface area contributed by atoms with E-state index in [1.54, 1.807) is 18.2 Å². The van der Waals surface area contributed by atoms with E-state index in [4.69, 9.17) is 11.6 Å². The summed E-state index contributed by atoms with van der Waals surface area (Å²) in [6.07, 6.45) is 4.86. The zero-order chi connectivity index (χ0) is 25.7. The van der Waals surface area contributed by atoms with Crippen molar-refractivity contribution < 1.29 is 19.5 Å². The summed E-state index contributed by atoms with van der Waals surface area (Å²) >= 11 is 7.21. The van der Waals surface area contributed by atoms with Crippen molar-refractivity contribution in [2.75, 3.05) is 24.5 Å². The lowest BCUT2D eigenvalue weighted by Crippen LogP contribution is -2.60. The molecule has 9 heteroatoms. The normalized spacial score (nSPS) is 18.9. The maximum Gasteiger partial charge on any atom is 0.262 e. The standard InChI is InChI=1S/C27H34ClN3O4S/c1-18(32)24(33)20-7-3-4-8-21(20)31-15-11-19(12-16-31)17-29-26(35)27(13-5-2-6-14-27)30-25(34)22-9-10-23(28)36-22/h3-4,7-10,18-19,32H,2,5-6,11-17H2,1H3,(H,29,35)(H,30,34). The quantitative estimate of drug-likeness (QED) is 0.438. The van der Waals surface area contributed by atoms with E-state index >= 15 is 0 Å². The molecule has 2 fully saturated rings. The Morgan fingerprint density at radius 1 is 1.11 bits per heavy atom. The van der Waals surface area contributed by atoms with Crippen LogP contribution in [-0.2, 0) is 4.79 Å². The molecule has 0 spiro atoms. The number of aliphatic hydroxyl groups excluding tert-OH is 1. The molecule has 3 N–H and O–H groups in total. The second-order valence-electron chi connectivity index (χ2n) is 9.90. The number of nitrogens with one attached hydrogen (secondary N) is 2. The third-order valence-corrected chi connectivity index (χ3v) is 8.58. The highest BCUT2D eigenvalue weighted by Crippen LogP contribution is 2.31. The van der Waals surface area contributed by atoms with Crippen LogP contribution in [0.4, 0.5) is 5.69 Å². The summed E-state index contributed by atoms with van der Waals surface area (Å²) in [6.45, 7) is 3.59. The van der Waals surface area contributed by atoms with Gasteiger partial charge in [-0.05, 0) is 62.8 Å². The smallest absolute Gasteiger partial charge is 0.262 e. The molecule has 0 bridgehead atoms. The monoisotopic (exact) mass is 531 g/mol. The van der Waals surface area contributed by atoms with E-state index in [1.807, 2.05) is 18.2 Å². The number of rotatable bonds is 8. The molecule has 2 amide bonds. The largest absolute Gasteiger partial charge is 0.385 e. The van der Waals surface area contributed by atoms with E-state index in [0.717, 1.165) is 50.9 Å². The Balaban J connectivity index is 1.34. The summed E-state index contributed by atoms with van der Waals surface area (Å²) in [5, 5.41) is 16.0. The number of carbonyl (C=O) groups excluding carboxylic acids is 3. The van der Waals surface area contributed by atoms with E-state index in [0.29, 0.717) is 40.1 Å². The molecule has 1 saturated heterocycles. The molecule has 2 aliphatic rings. The first-order chi connectivity index (χ1) is 17.3. The first kappa shape index (κ1) is 26.6. The van der Waals surface area contributed by atoms with Gasteiger partial charge < -0.3 is 20.6 Å². The summed E-state index contributed by atoms with van der Waals surface area (Å²) in [7, 11) is 0. The van der Waals surface area contributed by atoms with Gasteiger partial charge >= 0.3 is 0 Å². The van der Waals surface area contributed by atoms with E-state index in [-0.39, 0.29) is 17.6 Å².